The molecule has 2 rings (SSSR count). The fraction of sp³-hybridized carbons (Fsp3) is 0.875. The van der Waals surface area contributed by atoms with Crippen LogP contribution >= 0.6 is 0 Å². The Hall–Kier alpha value is -0.860. The van der Waals surface area contributed by atoms with Crippen LogP contribution in [0.15, 0.2) is 0 Å². The lowest BCUT2D eigenvalue weighted by atomic mass is 9.80. The van der Waals surface area contributed by atoms with Crippen LogP contribution in [-0.2, 0) is 9.59 Å². The standard InChI is InChI=1S/C16H27NO2/c1-16(2,3)13-9-15(19)17(10-13)11-14(18)12-7-5-4-6-8-12/h12-13H,4-11H2,1-3H3. The predicted molar refractivity (Wildman–Crippen MR) is 75.7 cm³/mol. The van der Waals surface area contributed by atoms with Gasteiger partial charge in [0.1, 0.15) is 0 Å². The molecule has 1 unspecified atom stereocenters. The molecule has 1 atom stereocenters. The van der Waals surface area contributed by atoms with Crippen molar-refractivity contribution in [2.24, 2.45) is 17.3 Å². The molecule has 2 fully saturated rings. The molecule has 0 aromatic rings. The second-order valence-electron chi connectivity index (χ2n) is 7.34. The summed E-state index contributed by atoms with van der Waals surface area (Å²) in [5.74, 6) is 1.07. The van der Waals surface area contributed by atoms with Crippen LogP contribution in [0.25, 0.3) is 0 Å². The van der Waals surface area contributed by atoms with Crippen LogP contribution in [-0.4, -0.2) is 29.7 Å². The zero-order valence-electron chi connectivity index (χ0n) is 12.6. The number of likely N-dealkylation sites (tertiary alicyclic amines) is 1. The van der Waals surface area contributed by atoms with Crippen LogP contribution in [0, 0.1) is 17.3 Å². The van der Waals surface area contributed by atoms with Gasteiger partial charge < -0.3 is 4.90 Å². The summed E-state index contributed by atoms with van der Waals surface area (Å²) in [4.78, 5) is 26.1. The van der Waals surface area contributed by atoms with Gasteiger partial charge in [0.15, 0.2) is 5.78 Å². The summed E-state index contributed by atoms with van der Waals surface area (Å²) in [6, 6.07) is 0. The first-order valence-corrected chi connectivity index (χ1v) is 7.68. The molecule has 0 radical (unpaired) electrons. The molecule has 3 heteroatoms. The summed E-state index contributed by atoms with van der Waals surface area (Å²) < 4.78 is 0. The molecule has 1 aliphatic heterocycles. The van der Waals surface area contributed by atoms with E-state index in [9.17, 15) is 9.59 Å². The number of hydrogen-bond donors (Lipinski definition) is 0. The third-order valence-corrected chi connectivity index (χ3v) is 4.85. The van der Waals surface area contributed by atoms with Gasteiger partial charge in [0.25, 0.3) is 0 Å². The van der Waals surface area contributed by atoms with Crippen LogP contribution in [0.1, 0.15) is 59.3 Å². The lowest BCUT2D eigenvalue weighted by Crippen LogP contribution is -2.35. The largest absolute Gasteiger partial charge is 0.335 e. The van der Waals surface area contributed by atoms with Gasteiger partial charge in [0, 0.05) is 18.9 Å². The lowest BCUT2D eigenvalue weighted by molar-refractivity contribution is -0.134. The molecule has 0 aromatic heterocycles. The van der Waals surface area contributed by atoms with Crippen LogP contribution in [0.5, 0.6) is 0 Å². The molecule has 19 heavy (non-hydrogen) atoms. The van der Waals surface area contributed by atoms with Gasteiger partial charge in [-0.25, -0.2) is 0 Å². The highest BCUT2D eigenvalue weighted by molar-refractivity contribution is 5.88. The SMILES string of the molecule is CC(C)(C)C1CC(=O)N(CC(=O)C2CCCCC2)C1. The monoisotopic (exact) mass is 265 g/mol. The minimum atomic E-state index is 0.151. The normalized spacial score (nSPS) is 25.9. The minimum absolute atomic E-state index is 0.151. The van der Waals surface area contributed by atoms with E-state index < -0.39 is 0 Å². The van der Waals surface area contributed by atoms with Crippen LogP contribution < -0.4 is 0 Å². The van der Waals surface area contributed by atoms with Gasteiger partial charge in [-0.15, -0.1) is 0 Å². The van der Waals surface area contributed by atoms with Crippen LogP contribution in [0.3, 0.4) is 0 Å². The highest BCUT2D eigenvalue weighted by atomic mass is 16.2. The number of rotatable bonds is 3. The van der Waals surface area contributed by atoms with E-state index >= 15 is 0 Å². The summed E-state index contributed by atoms with van der Waals surface area (Å²) in [6.07, 6.45) is 6.29. The van der Waals surface area contributed by atoms with E-state index in [1.165, 1.54) is 19.3 Å². The molecule has 0 spiro atoms. The number of carbonyl (C=O) groups excluding carboxylic acids is 2. The van der Waals surface area contributed by atoms with Crippen molar-refractivity contribution in [3.63, 3.8) is 0 Å². The van der Waals surface area contributed by atoms with Gasteiger partial charge in [-0.2, -0.15) is 0 Å². The van der Waals surface area contributed by atoms with Gasteiger partial charge in [-0.1, -0.05) is 40.0 Å². The molecule has 0 aromatic carbocycles. The second kappa shape index (κ2) is 5.64. The molecule has 0 N–H and O–H groups in total. The quantitative estimate of drug-likeness (QED) is 0.786. The van der Waals surface area contributed by atoms with Gasteiger partial charge >= 0.3 is 0 Å². The highest BCUT2D eigenvalue weighted by Gasteiger charge is 2.38. The van der Waals surface area contributed by atoms with Gasteiger partial charge in [0.05, 0.1) is 6.54 Å². The molecule has 2 aliphatic rings. The first-order chi connectivity index (χ1) is 8.88. The number of hydrogen-bond acceptors (Lipinski definition) is 2. The van der Waals surface area contributed by atoms with Crippen molar-refractivity contribution in [2.75, 3.05) is 13.1 Å². The first kappa shape index (κ1) is 14.5. The van der Waals surface area contributed by atoms with Crippen molar-refractivity contribution in [1.29, 1.82) is 0 Å². The summed E-state index contributed by atoms with van der Waals surface area (Å²) in [5.41, 5.74) is 0.151. The van der Waals surface area contributed by atoms with E-state index in [1.807, 2.05) is 0 Å². The molecular weight excluding hydrogens is 238 g/mol. The predicted octanol–water partition coefficient (Wildman–Crippen LogP) is 3.03. The van der Waals surface area contributed by atoms with Gasteiger partial charge in [-0.05, 0) is 24.2 Å². The topological polar surface area (TPSA) is 37.4 Å². The summed E-state index contributed by atoms with van der Waals surface area (Å²) >= 11 is 0. The fourth-order valence-electron chi connectivity index (χ4n) is 3.25. The Morgan fingerprint density at radius 3 is 2.37 bits per heavy atom. The van der Waals surface area contributed by atoms with Crippen LogP contribution in [0.2, 0.25) is 0 Å². The lowest BCUT2D eigenvalue weighted by Gasteiger charge is -2.27. The Labute approximate surface area is 116 Å². The van der Waals surface area contributed by atoms with E-state index in [2.05, 4.69) is 20.8 Å². The Bertz CT molecular complexity index is 350. The van der Waals surface area contributed by atoms with E-state index in [-0.39, 0.29) is 17.2 Å². The average molecular weight is 265 g/mol. The second-order valence-corrected chi connectivity index (χ2v) is 7.34. The molecule has 1 saturated carbocycles. The Kier molecular flexibility index (Phi) is 4.32. The smallest absolute Gasteiger partial charge is 0.223 e. The number of carbonyl (C=O) groups is 2. The Balaban J connectivity index is 1.89. The summed E-state index contributed by atoms with van der Waals surface area (Å²) in [7, 11) is 0. The molecule has 1 aliphatic carbocycles. The molecule has 108 valence electrons. The number of amides is 1. The van der Waals surface area contributed by atoms with E-state index in [1.54, 1.807) is 4.90 Å². The van der Waals surface area contributed by atoms with E-state index in [4.69, 9.17) is 0 Å². The molecule has 3 nitrogen and oxygen atoms in total. The summed E-state index contributed by atoms with van der Waals surface area (Å²) in [6.45, 7) is 7.66. The van der Waals surface area contributed by atoms with Gasteiger partial charge in [0.2, 0.25) is 5.91 Å². The number of nitrogens with zero attached hydrogens (tertiary/aromatic N) is 1. The molecule has 1 saturated heterocycles. The third-order valence-electron chi connectivity index (χ3n) is 4.85. The van der Waals surface area contributed by atoms with Crippen molar-refractivity contribution >= 4 is 11.7 Å². The highest BCUT2D eigenvalue weighted by Crippen LogP contribution is 2.34. The van der Waals surface area contributed by atoms with Crippen molar-refractivity contribution in [3.8, 4) is 0 Å². The van der Waals surface area contributed by atoms with Crippen molar-refractivity contribution < 1.29 is 9.59 Å². The maximum absolute atomic E-state index is 12.3. The van der Waals surface area contributed by atoms with Crippen LogP contribution in [0.4, 0.5) is 0 Å². The Morgan fingerprint density at radius 1 is 1.21 bits per heavy atom. The molecule has 0 bridgehead atoms. The van der Waals surface area contributed by atoms with E-state index in [0.717, 1.165) is 19.4 Å². The van der Waals surface area contributed by atoms with Crippen molar-refractivity contribution in [2.45, 2.75) is 59.3 Å². The maximum Gasteiger partial charge on any atom is 0.223 e. The molecule has 1 heterocycles. The molecule has 1 amide bonds. The van der Waals surface area contributed by atoms with E-state index in [0.29, 0.717) is 24.7 Å². The fourth-order valence-corrected chi connectivity index (χ4v) is 3.25. The third kappa shape index (κ3) is 3.58. The first-order valence-electron chi connectivity index (χ1n) is 7.68. The average Bonchev–Trinajstić information content (AvgIpc) is 2.72. The zero-order valence-corrected chi connectivity index (χ0v) is 12.6. The molecular formula is C16H27NO2. The Morgan fingerprint density at radius 2 is 1.84 bits per heavy atom. The maximum atomic E-state index is 12.3. The summed E-state index contributed by atoms with van der Waals surface area (Å²) in [5, 5.41) is 0. The number of ketones is 1. The van der Waals surface area contributed by atoms with Crippen molar-refractivity contribution in [3.05, 3.63) is 0 Å². The van der Waals surface area contributed by atoms with Gasteiger partial charge in [-0.3, -0.25) is 9.59 Å². The minimum Gasteiger partial charge on any atom is -0.335 e. The zero-order chi connectivity index (χ0) is 14.0. The van der Waals surface area contributed by atoms with Crippen molar-refractivity contribution in [1.82, 2.24) is 4.90 Å². The number of Topliss-reactive ketones (excluding diaryl/α,β-unsaturated/α-hetero) is 1.